The van der Waals surface area contributed by atoms with Gasteiger partial charge in [-0.1, -0.05) is 0 Å². The van der Waals surface area contributed by atoms with Crippen LogP contribution >= 0.6 is 0 Å². The lowest BCUT2D eigenvalue weighted by molar-refractivity contribution is 1.02. The van der Waals surface area contributed by atoms with E-state index < -0.39 is 0 Å². The minimum atomic E-state index is 0.647. The molecule has 0 aliphatic carbocycles. The molecular weight excluding hydrogens is 200 g/mol. The summed E-state index contributed by atoms with van der Waals surface area (Å²) in [7, 11) is 0. The van der Waals surface area contributed by atoms with Gasteiger partial charge in [-0.2, -0.15) is 0 Å². The van der Waals surface area contributed by atoms with Crippen molar-refractivity contribution < 1.29 is 0 Å². The number of nitrogens with zero attached hydrogens (tertiary/aromatic N) is 3. The molecule has 1 N–H and O–H groups in total. The molecule has 0 saturated carbocycles. The number of rotatable bonds is 3. The Morgan fingerprint density at radius 2 is 1.88 bits per heavy atom. The number of hydrogen-bond donors (Lipinski definition) is 1. The van der Waals surface area contributed by atoms with Crippen molar-refractivity contribution in [2.45, 2.75) is 20.4 Å². The number of aryl methyl sites for hydroxylation is 2. The van der Waals surface area contributed by atoms with Crippen LogP contribution in [0.25, 0.3) is 0 Å². The molecule has 0 amide bonds. The summed E-state index contributed by atoms with van der Waals surface area (Å²) >= 11 is 0. The summed E-state index contributed by atoms with van der Waals surface area (Å²) in [6, 6.07) is 1.99. The molecule has 4 heteroatoms. The van der Waals surface area contributed by atoms with E-state index >= 15 is 0 Å². The van der Waals surface area contributed by atoms with Gasteiger partial charge in [0.15, 0.2) is 0 Å². The highest BCUT2D eigenvalue weighted by Crippen LogP contribution is 2.07. The maximum Gasteiger partial charge on any atom is 0.222 e. The standard InChI is InChI=1S/C12H14N4/c1-9-5-14-12(15-6-9)16-8-11-7-13-4-3-10(11)2/h3-7H,8H2,1-2H3,(H,14,15,16). The Morgan fingerprint density at radius 3 is 2.56 bits per heavy atom. The van der Waals surface area contributed by atoms with Gasteiger partial charge in [-0.3, -0.25) is 4.98 Å². The molecule has 4 nitrogen and oxygen atoms in total. The van der Waals surface area contributed by atoms with Crippen molar-refractivity contribution in [1.82, 2.24) is 15.0 Å². The fraction of sp³-hybridized carbons (Fsp3) is 0.250. The van der Waals surface area contributed by atoms with Crippen molar-refractivity contribution in [1.29, 1.82) is 0 Å². The maximum atomic E-state index is 4.18. The zero-order valence-electron chi connectivity index (χ0n) is 9.44. The third-order valence-corrected chi connectivity index (χ3v) is 2.37. The Balaban J connectivity index is 2.02. The lowest BCUT2D eigenvalue weighted by Gasteiger charge is -2.06. The van der Waals surface area contributed by atoms with Gasteiger partial charge in [-0.05, 0) is 36.6 Å². The number of anilines is 1. The molecule has 0 bridgehead atoms. The second-order valence-electron chi connectivity index (χ2n) is 3.74. The van der Waals surface area contributed by atoms with E-state index in [2.05, 4.69) is 27.2 Å². The highest BCUT2D eigenvalue weighted by molar-refractivity contribution is 5.29. The van der Waals surface area contributed by atoms with Crippen molar-refractivity contribution in [3.8, 4) is 0 Å². The third kappa shape index (κ3) is 2.53. The van der Waals surface area contributed by atoms with E-state index in [1.54, 1.807) is 18.6 Å². The van der Waals surface area contributed by atoms with Gasteiger partial charge in [0.1, 0.15) is 0 Å². The first-order valence-electron chi connectivity index (χ1n) is 5.18. The van der Waals surface area contributed by atoms with Gasteiger partial charge in [-0.15, -0.1) is 0 Å². The first-order valence-corrected chi connectivity index (χ1v) is 5.18. The van der Waals surface area contributed by atoms with Crippen LogP contribution in [0.2, 0.25) is 0 Å². The average Bonchev–Trinajstić information content (AvgIpc) is 2.30. The molecule has 82 valence electrons. The number of hydrogen-bond acceptors (Lipinski definition) is 4. The van der Waals surface area contributed by atoms with Gasteiger partial charge in [0.25, 0.3) is 0 Å². The second kappa shape index (κ2) is 4.70. The number of aromatic nitrogens is 3. The van der Waals surface area contributed by atoms with Crippen LogP contribution in [-0.4, -0.2) is 15.0 Å². The Kier molecular flexibility index (Phi) is 3.10. The van der Waals surface area contributed by atoms with Crippen molar-refractivity contribution in [3.63, 3.8) is 0 Å². The zero-order valence-corrected chi connectivity index (χ0v) is 9.44. The Bertz CT molecular complexity index is 465. The molecule has 2 heterocycles. The van der Waals surface area contributed by atoms with E-state index in [0.29, 0.717) is 12.5 Å². The summed E-state index contributed by atoms with van der Waals surface area (Å²) in [6.45, 7) is 4.73. The SMILES string of the molecule is Cc1cnc(NCc2cnccc2C)nc1. The highest BCUT2D eigenvalue weighted by Gasteiger charge is 1.99. The molecule has 0 fully saturated rings. The first kappa shape index (κ1) is 10.5. The summed E-state index contributed by atoms with van der Waals surface area (Å²) < 4.78 is 0. The van der Waals surface area contributed by atoms with Gasteiger partial charge in [-0.25, -0.2) is 9.97 Å². The molecule has 0 atom stereocenters. The van der Waals surface area contributed by atoms with E-state index in [1.807, 2.05) is 19.2 Å². The van der Waals surface area contributed by atoms with E-state index in [-0.39, 0.29) is 0 Å². The molecule has 16 heavy (non-hydrogen) atoms. The fourth-order valence-corrected chi connectivity index (χ4v) is 1.34. The predicted octanol–water partition coefficient (Wildman–Crippen LogP) is 2.10. The molecule has 0 aliphatic rings. The highest BCUT2D eigenvalue weighted by atomic mass is 15.1. The lowest BCUT2D eigenvalue weighted by atomic mass is 10.2. The molecule has 2 rings (SSSR count). The topological polar surface area (TPSA) is 50.7 Å². The zero-order chi connectivity index (χ0) is 11.4. The smallest absolute Gasteiger partial charge is 0.222 e. The summed E-state index contributed by atoms with van der Waals surface area (Å²) in [5, 5.41) is 3.17. The first-order chi connectivity index (χ1) is 7.75. The molecular formula is C12H14N4. The van der Waals surface area contributed by atoms with Crippen LogP contribution in [-0.2, 0) is 6.54 Å². The lowest BCUT2D eigenvalue weighted by Crippen LogP contribution is -2.05. The average molecular weight is 214 g/mol. The van der Waals surface area contributed by atoms with Crippen LogP contribution in [0.4, 0.5) is 5.95 Å². The van der Waals surface area contributed by atoms with Crippen LogP contribution < -0.4 is 5.32 Å². The van der Waals surface area contributed by atoms with Crippen LogP contribution in [0.1, 0.15) is 16.7 Å². The fourth-order valence-electron chi connectivity index (χ4n) is 1.34. The predicted molar refractivity (Wildman–Crippen MR) is 63.1 cm³/mol. The van der Waals surface area contributed by atoms with E-state index in [4.69, 9.17) is 0 Å². The minimum absolute atomic E-state index is 0.647. The normalized spacial score (nSPS) is 10.1. The molecule has 0 aliphatic heterocycles. The Morgan fingerprint density at radius 1 is 1.12 bits per heavy atom. The van der Waals surface area contributed by atoms with Gasteiger partial charge in [0.05, 0.1) is 0 Å². The minimum Gasteiger partial charge on any atom is -0.350 e. The van der Waals surface area contributed by atoms with E-state index in [1.165, 1.54) is 5.56 Å². The van der Waals surface area contributed by atoms with E-state index in [0.717, 1.165) is 11.1 Å². The monoisotopic (exact) mass is 214 g/mol. The Labute approximate surface area is 94.8 Å². The number of nitrogens with one attached hydrogen (secondary N) is 1. The molecule has 0 spiro atoms. The van der Waals surface area contributed by atoms with Gasteiger partial charge >= 0.3 is 0 Å². The molecule has 2 aromatic rings. The van der Waals surface area contributed by atoms with Crippen LogP contribution in [0.3, 0.4) is 0 Å². The third-order valence-electron chi connectivity index (χ3n) is 2.37. The van der Waals surface area contributed by atoms with Crippen molar-refractivity contribution in [2.75, 3.05) is 5.32 Å². The van der Waals surface area contributed by atoms with Crippen LogP contribution in [0.5, 0.6) is 0 Å². The number of pyridine rings is 1. The maximum absolute atomic E-state index is 4.18. The molecule has 0 aromatic carbocycles. The summed E-state index contributed by atoms with van der Waals surface area (Å²) in [4.78, 5) is 12.5. The summed E-state index contributed by atoms with van der Waals surface area (Å²) in [5.74, 6) is 0.647. The van der Waals surface area contributed by atoms with Crippen molar-refractivity contribution in [2.24, 2.45) is 0 Å². The Hall–Kier alpha value is -1.97. The van der Waals surface area contributed by atoms with E-state index in [9.17, 15) is 0 Å². The molecule has 2 aromatic heterocycles. The second-order valence-corrected chi connectivity index (χ2v) is 3.74. The quantitative estimate of drug-likeness (QED) is 0.850. The largest absolute Gasteiger partial charge is 0.350 e. The van der Waals surface area contributed by atoms with Gasteiger partial charge in [0.2, 0.25) is 5.95 Å². The summed E-state index contributed by atoms with van der Waals surface area (Å²) in [5.41, 5.74) is 3.43. The molecule has 0 saturated heterocycles. The van der Waals surface area contributed by atoms with Crippen molar-refractivity contribution in [3.05, 3.63) is 47.5 Å². The summed E-state index contributed by atoms with van der Waals surface area (Å²) in [6.07, 6.45) is 7.24. The van der Waals surface area contributed by atoms with Crippen molar-refractivity contribution >= 4 is 5.95 Å². The molecule has 0 radical (unpaired) electrons. The van der Waals surface area contributed by atoms with Gasteiger partial charge in [0, 0.05) is 31.3 Å². The van der Waals surface area contributed by atoms with Crippen LogP contribution in [0, 0.1) is 13.8 Å². The van der Waals surface area contributed by atoms with Crippen LogP contribution in [0.15, 0.2) is 30.9 Å². The van der Waals surface area contributed by atoms with Gasteiger partial charge < -0.3 is 5.32 Å². The molecule has 0 unspecified atom stereocenters.